The first-order valence-corrected chi connectivity index (χ1v) is 8.63. The Labute approximate surface area is 122 Å². The fraction of sp³-hybridized carbons (Fsp3) is 0.750. The number of hydrogen-bond donors (Lipinski definition) is 1. The molecule has 0 saturated heterocycles. The summed E-state index contributed by atoms with van der Waals surface area (Å²) in [5.74, 6) is 2.47. The zero-order valence-corrected chi connectivity index (χ0v) is 13.6. The van der Waals surface area contributed by atoms with Gasteiger partial charge in [-0.15, -0.1) is 0 Å². The fourth-order valence-electron chi connectivity index (χ4n) is 3.21. The lowest BCUT2D eigenvalue weighted by Gasteiger charge is -2.35. The molecule has 2 atom stereocenters. The van der Waals surface area contributed by atoms with Crippen molar-refractivity contribution in [2.45, 2.75) is 59.0 Å². The number of fused-ring (bicyclic) bond motifs is 1. The Balaban J connectivity index is 2.15. The van der Waals surface area contributed by atoms with Crippen molar-refractivity contribution in [2.24, 2.45) is 11.1 Å². The minimum atomic E-state index is 0.220. The zero-order chi connectivity index (χ0) is 14.0. The van der Waals surface area contributed by atoms with Crippen LogP contribution in [0.4, 0.5) is 0 Å². The smallest absolute Gasteiger partial charge is 0.0318 e. The molecule has 0 aliphatic heterocycles. The van der Waals surface area contributed by atoms with E-state index < -0.39 is 0 Å². The van der Waals surface area contributed by atoms with Crippen LogP contribution in [0.15, 0.2) is 12.3 Å². The van der Waals surface area contributed by atoms with E-state index >= 15 is 0 Å². The molecule has 1 aromatic heterocycles. The molecule has 1 aromatic rings. The second-order valence-corrected chi connectivity index (χ2v) is 8.01. The van der Waals surface area contributed by atoms with E-state index in [1.165, 1.54) is 29.2 Å². The summed E-state index contributed by atoms with van der Waals surface area (Å²) in [5, 5.41) is 0. The Bertz CT molecular complexity index is 422. The molecular formula is C16H28N2S. The first kappa shape index (κ1) is 15.0. The van der Waals surface area contributed by atoms with Gasteiger partial charge in [0.1, 0.15) is 0 Å². The molecule has 2 nitrogen and oxygen atoms in total. The van der Waals surface area contributed by atoms with Crippen molar-refractivity contribution in [1.29, 1.82) is 0 Å². The molecule has 2 rings (SSSR count). The third-order valence-corrected chi connectivity index (χ3v) is 5.17. The number of nitrogens with zero attached hydrogens (tertiary/aromatic N) is 1. The van der Waals surface area contributed by atoms with Crippen molar-refractivity contribution in [3.05, 3.63) is 23.5 Å². The molecule has 108 valence electrons. The summed E-state index contributed by atoms with van der Waals surface area (Å²) in [6.07, 6.45) is 5.76. The third-order valence-electron chi connectivity index (χ3n) is 4.24. The number of aromatic nitrogens is 1. The maximum absolute atomic E-state index is 6.34. The first-order valence-electron chi connectivity index (χ1n) is 7.47. The summed E-state index contributed by atoms with van der Waals surface area (Å²) in [4.78, 5) is 0. The number of nitrogens with two attached hydrogens (primary N) is 1. The second-order valence-electron chi connectivity index (χ2n) is 6.61. The summed E-state index contributed by atoms with van der Waals surface area (Å²) in [6.45, 7) is 9.24. The Hall–Kier alpha value is -0.410. The average molecular weight is 280 g/mol. The number of thioether (sulfide) groups is 1. The summed E-state index contributed by atoms with van der Waals surface area (Å²) < 4.78 is 2.48. The predicted octanol–water partition coefficient (Wildman–Crippen LogP) is 4.16. The topological polar surface area (TPSA) is 30.9 Å². The highest BCUT2D eigenvalue weighted by Gasteiger charge is 2.32. The normalized spacial score (nSPS) is 23.1. The molecule has 2 unspecified atom stereocenters. The van der Waals surface area contributed by atoms with Gasteiger partial charge in [0.15, 0.2) is 0 Å². The highest BCUT2D eigenvalue weighted by atomic mass is 32.2. The number of hydrogen-bond acceptors (Lipinski definition) is 2. The van der Waals surface area contributed by atoms with Gasteiger partial charge in [-0.05, 0) is 54.7 Å². The molecular weight excluding hydrogens is 252 g/mol. The first-order chi connectivity index (χ1) is 8.94. The van der Waals surface area contributed by atoms with Crippen LogP contribution in [-0.4, -0.2) is 16.1 Å². The Morgan fingerprint density at radius 1 is 1.53 bits per heavy atom. The molecule has 0 aromatic carbocycles. The highest BCUT2D eigenvalue weighted by Crippen LogP contribution is 2.41. The predicted molar refractivity (Wildman–Crippen MR) is 85.8 cm³/mol. The summed E-state index contributed by atoms with van der Waals surface area (Å²) in [7, 11) is 0. The van der Waals surface area contributed by atoms with E-state index in [0.717, 1.165) is 12.8 Å². The van der Waals surface area contributed by atoms with Crippen LogP contribution in [0.5, 0.6) is 0 Å². The highest BCUT2D eigenvalue weighted by molar-refractivity contribution is 7.99. The van der Waals surface area contributed by atoms with Crippen molar-refractivity contribution in [1.82, 2.24) is 4.57 Å². The molecule has 1 heterocycles. The van der Waals surface area contributed by atoms with Gasteiger partial charge in [0.2, 0.25) is 0 Å². The van der Waals surface area contributed by atoms with Crippen LogP contribution in [0.25, 0.3) is 0 Å². The molecule has 1 aliphatic carbocycles. The van der Waals surface area contributed by atoms with E-state index in [2.05, 4.69) is 44.5 Å². The van der Waals surface area contributed by atoms with E-state index in [0.29, 0.717) is 11.5 Å². The van der Waals surface area contributed by atoms with Gasteiger partial charge in [-0.25, -0.2) is 0 Å². The molecule has 1 aliphatic rings. The molecule has 3 heteroatoms. The lowest BCUT2D eigenvalue weighted by atomic mass is 9.74. The monoisotopic (exact) mass is 280 g/mol. The lowest BCUT2D eigenvalue weighted by molar-refractivity contribution is 0.272. The molecule has 0 saturated carbocycles. The molecule has 0 amide bonds. The lowest BCUT2D eigenvalue weighted by Crippen LogP contribution is -2.30. The molecule has 19 heavy (non-hydrogen) atoms. The second kappa shape index (κ2) is 5.92. The van der Waals surface area contributed by atoms with Crippen molar-refractivity contribution >= 4 is 11.8 Å². The fourth-order valence-corrected chi connectivity index (χ4v) is 4.00. The molecule has 0 radical (unpaired) electrons. The number of rotatable bonds is 5. The Morgan fingerprint density at radius 2 is 2.26 bits per heavy atom. The zero-order valence-electron chi connectivity index (χ0n) is 12.8. The van der Waals surface area contributed by atoms with E-state index in [9.17, 15) is 0 Å². The molecule has 2 N–H and O–H groups in total. The van der Waals surface area contributed by atoms with Gasteiger partial charge >= 0.3 is 0 Å². The van der Waals surface area contributed by atoms with Crippen LogP contribution in [0.1, 0.15) is 63.9 Å². The van der Waals surface area contributed by atoms with Crippen LogP contribution in [0.3, 0.4) is 0 Å². The van der Waals surface area contributed by atoms with Gasteiger partial charge in [0.25, 0.3) is 0 Å². The van der Waals surface area contributed by atoms with Gasteiger partial charge in [-0.2, -0.15) is 11.8 Å². The summed E-state index contributed by atoms with van der Waals surface area (Å²) in [5.41, 5.74) is 9.54. The molecule has 0 spiro atoms. The van der Waals surface area contributed by atoms with E-state index in [1.54, 1.807) is 0 Å². The maximum atomic E-state index is 6.34. The van der Waals surface area contributed by atoms with Crippen molar-refractivity contribution in [3.8, 4) is 0 Å². The third kappa shape index (κ3) is 3.38. The van der Waals surface area contributed by atoms with Crippen molar-refractivity contribution in [2.75, 3.05) is 11.5 Å². The minimum absolute atomic E-state index is 0.220. The largest absolute Gasteiger partial charge is 0.348 e. The molecule has 0 bridgehead atoms. The minimum Gasteiger partial charge on any atom is -0.348 e. The van der Waals surface area contributed by atoms with Crippen LogP contribution >= 0.6 is 11.8 Å². The van der Waals surface area contributed by atoms with Crippen LogP contribution < -0.4 is 5.73 Å². The summed E-state index contributed by atoms with van der Waals surface area (Å²) in [6, 6.07) is 3.06. The van der Waals surface area contributed by atoms with Crippen LogP contribution in [0.2, 0.25) is 0 Å². The van der Waals surface area contributed by atoms with Gasteiger partial charge < -0.3 is 10.3 Å². The van der Waals surface area contributed by atoms with Crippen molar-refractivity contribution in [3.63, 3.8) is 0 Å². The van der Waals surface area contributed by atoms with Crippen LogP contribution in [0, 0.1) is 5.41 Å². The van der Waals surface area contributed by atoms with Gasteiger partial charge in [-0.3, -0.25) is 0 Å². The SMILES string of the molecule is CCSCCC(C)n1ccc2c1CC(C)(C)CC2N. The van der Waals surface area contributed by atoms with Crippen LogP contribution in [-0.2, 0) is 6.42 Å². The van der Waals surface area contributed by atoms with E-state index in [1.807, 2.05) is 11.8 Å². The standard InChI is InChI=1S/C16H28N2S/c1-5-19-9-7-12(2)18-8-6-13-14(17)10-16(3,4)11-15(13)18/h6,8,12,14H,5,7,9-11,17H2,1-4H3. The molecule has 0 fully saturated rings. The van der Waals surface area contributed by atoms with Gasteiger partial charge in [0, 0.05) is 24.0 Å². The van der Waals surface area contributed by atoms with Gasteiger partial charge in [0.05, 0.1) is 0 Å². The average Bonchev–Trinajstić information content (AvgIpc) is 2.71. The van der Waals surface area contributed by atoms with Gasteiger partial charge in [-0.1, -0.05) is 20.8 Å². The maximum Gasteiger partial charge on any atom is 0.0318 e. The quantitative estimate of drug-likeness (QED) is 0.821. The Kier molecular flexibility index (Phi) is 4.67. The van der Waals surface area contributed by atoms with E-state index in [-0.39, 0.29) is 6.04 Å². The van der Waals surface area contributed by atoms with Crippen molar-refractivity contribution < 1.29 is 0 Å². The summed E-state index contributed by atoms with van der Waals surface area (Å²) >= 11 is 2.03. The Morgan fingerprint density at radius 3 is 2.95 bits per heavy atom. The van der Waals surface area contributed by atoms with E-state index in [4.69, 9.17) is 5.73 Å².